The Morgan fingerprint density at radius 3 is 2.38 bits per heavy atom. The lowest BCUT2D eigenvalue weighted by atomic mass is 9.83. The van der Waals surface area contributed by atoms with Crippen molar-refractivity contribution in [3.63, 3.8) is 0 Å². The number of hydrogen-bond donors (Lipinski definition) is 1. The molecule has 3 aromatic carbocycles. The number of alkyl halides is 3. The van der Waals surface area contributed by atoms with Gasteiger partial charge in [-0.3, -0.25) is 23.7 Å². The maximum absolute atomic E-state index is 13.9. The second-order valence-electron chi connectivity index (χ2n) is 9.69. The number of para-hydroxylation sites is 1. The molecule has 7 nitrogen and oxygen atoms in total. The molecule has 1 N–H and O–H groups in total. The summed E-state index contributed by atoms with van der Waals surface area (Å²) in [5, 5.41) is 1.95. The highest BCUT2D eigenvalue weighted by molar-refractivity contribution is 9.10. The number of amides is 3. The van der Waals surface area contributed by atoms with Gasteiger partial charge in [0.1, 0.15) is 11.8 Å². The molecule has 0 aliphatic carbocycles. The number of carbonyl (C=O) groups excluding carboxylic acids is 3. The van der Waals surface area contributed by atoms with Gasteiger partial charge in [0.05, 0.1) is 22.2 Å². The molecule has 3 heterocycles. The van der Waals surface area contributed by atoms with E-state index in [2.05, 4.69) is 21.2 Å². The Hall–Kier alpha value is -3.68. The normalized spacial score (nSPS) is 19.9. The van der Waals surface area contributed by atoms with Gasteiger partial charge >= 0.3 is 11.0 Å². The molecule has 4 aromatic rings. The van der Waals surface area contributed by atoms with Crippen molar-refractivity contribution in [2.24, 2.45) is 5.92 Å². The molecule has 0 saturated carbocycles. The number of rotatable bonds is 5. The second kappa shape index (κ2) is 10.9. The Balaban J connectivity index is 1.38. The third kappa shape index (κ3) is 5.09. The van der Waals surface area contributed by atoms with Gasteiger partial charge in [-0.15, -0.1) is 0 Å². The van der Waals surface area contributed by atoms with Crippen molar-refractivity contribution in [1.29, 1.82) is 0 Å². The molecule has 0 bridgehead atoms. The summed E-state index contributed by atoms with van der Waals surface area (Å²) in [6, 6.07) is 20.1. The van der Waals surface area contributed by atoms with Crippen molar-refractivity contribution in [3.8, 4) is 0 Å². The summed E-state index contributed by atoms with van der Waals surface area (Å²) in [6.07, 6.45) is -4.59. The largest absolute Gasteiger partial charge is 0.416 e. The van der Waals surface area contributed by atoms with E-state index in [4.69, 9.17) is 0 Å². The number of aromatic nitrogens is 1. The zero-order valence-corrected chi connectivity index (χ0v) is 24.5. The fourth-order valence-corrected chi connectivity index (χ4v) is 8.45. The topological polar surface area (TPSA) is 88.5 Å². The number of halogens is 4. The molecule has 0 spiro atoms. The Bertz CT molecular complexity index is 1790. The van der Waals surface area contributed by atoms with E-state index < -0.39 is 52.1 Å². The van der Waals surface area contributed by atoms with Gasteiger partial charge in [0.15, 0.2) is 0 Å². The molecule has 1 saturated heterocycles. The smallest absolute Gasteiger partial charge is 0.325 e. The van der Waals surface area contributed by atoms with E-state index in [1.165, 1.54) is 21.6 Å². The van der Waals surface area contributed by atoms with E-state index in [0.717, 1.165) is 45.3 Å². The minimum absolute atomic E-state index is 0.0678. The van der Waals surface area contributed by atoms with Gasteiger partial charge in [-0.1, -0.05) is 75.4 Å². The summed E-state index contributed by atoms with van der Waals surface area (Å²) in [5.74, 6) is -2.95. The van der Waals surface area contributed by atoms with Crippen LogP contribution >= 0.6 is 39.0 Å². The van der Waals surface area contributed by atoms with Crippen LogP contribution in [0.15, 0.2) is 93.2 Å². The maximum Gasteiger partial charge on any atom is 0.416 e. The van der Waals surface area contributed by atoms with Crippen LogP contribution in [0.4, 0.5) is 24.5 Å². The first-order valence-electron chi connectivity index (χ1n) is 12.6. The van der Waals surface area contributed by atoms with Crippen LogP contribution in [0.5, 0.6) is 0 Å². The predicted molar refractivity (Wildman–Crippen MR) is 157 cm³/mol. The van der Waals surface area contributed by atoms with Gasteiger partial charge in [0.25, 0.3) is 0 Å². The van der Waals surface area contributed by atoms with Crippen LogP contribution in [0.3, 0.4) is 0 Å². The zero-order chi connectivity index (χ0) is 29.8. The van der Waals surface area contributed by atoms with Crippen LogP contribution in [-0.2, 0) is 27.1 Å². The molecular weight excluding hydrogens is 655 g/mol. The molecule has 3 atom stereocenters. The first kappa shape index (κ1) is 28.4. The highest BCUT2D eigenvalue weighted by Crippen LogP contribution is 2.54. The SMILES string of the molecule is O=C(Cn1c2c(sc1=O)[C@@H](c1cccc(Br)c1)[C@@H]1C(=O)N(c3ccccc3)C(=O)[C@@H]1S2)Nc1cccc(C(F)(F)F)c1. The first-order chi connectivity index (χ1) is 20.0. The third-order valence-corrected chi connectivity index (χ3v) is 10.1. The average molecular weight is 675 g/mol. The van der Waals surface area contributed by atoms with E-state index in [0.29, 0.717) is 15.6 Å². The number of fused-ring (bicyclic) bond motifs is 2. The summed E-state index contributed by atoms with van der Waals surface area (Å²) in [5.41, 5.74) is 0.175. The number of benzene rings is 3. The molecule has 1 fully saturated rings. The number of carbonyl (C=O) groups is 3. The van der Waals surface area contributed by atoms with Gasteiger partial charge in [-0.25, -0.2) is 4.90 Å². The Labute approximate surface area is 253 Å². The van der Waals surface area contributed by atoms with E-state index in [1.54, 1.807) is 36.4 Å². The monoisotopic (exact) mass is 673 g/mol. The summed E-state index contributed by atoms with van der Waals surface area (Å²) < 4.78 is 41.4. The lowest BCUT2D eigenvalue weighted by molar-refractivity contribution is -0.137. The number of thiazole rings is 1. The van der Waals surface area contributed by atoms with Crippen molar-refractivity contribution in [1.82, 2.24) is 4.57 Å². The molecule has 3 amide bonds. The summed E-state index contributed by atoms with van der Waals surface area (Å²) in [4.78, 5) is 55.0. The van der Waals surface area contributed by atoms with Gasteiger partial charge in [0.2, 0.25) is 17.7 Å². The Morgan fingerprint density at radius 2 is 1.67 bits per heavy atom. The number of nitrogens with zero attached hydrogens (tertiary/aromatic N) is 2. The zero-order valence-electron chi connectivity index (χ0n) is 21.3. The molecule has 214 valence electrons. The number of anilines is 2. The van der Waals surface area contributed by atoms with Crippen LogP contribution in [-0.4, -0.2) is 27.5 Å². The van der Waals surface area contributed by atoms with Gasteiger partial charge in [-0.05, 0) is 48.0 Å². The van der Waals surface area contributed by atoms with Crippen LogP contribution in [0.1, 0.15) is 21.9 Å². The average Bonchev–Trinajstić information content (AvgIpc) is 3.39. The quantitative estimate of drug-likeness (QED) is 0.258. The van der Waals surface area contributed by atoms with Crippen LogP contribution in [0.2, 0.25) is 0 Å². The lowest BCUT2D eigenvalue weighted by Gasteiger charge is -2.30. The predicted octanol–water partition coefficient (Wildman–Crippen LogP) is 6.13. The first-order valence-corrected chi connectivity index (χ1v) is 15.1. The minimum Gasteiger partial charge on any atom is -0.325 e. The molecule has 42 heavy (non-hydrogen) atoms. The third-order valence-electron chi connectivity index (χ3n) is 7.05. The van der Waals surface area contributed by atoms with Crippen LogP contribution in [0, 0.1) is 5.92 Å². The number of nitrogens with one attached hydrogen (secondary N) is 1. The summed E-state index contributed by atoms with van der Waals surface area (Å²) >= 11 is 5.42. The summed E-state index contributed by atoms with van der Waals surface area (Å²) in [6.45, 7) is -0.485. The van der Waals surface area contributed by atoms with E-state index in [-0.39, 0.29) is 11.6 Å². The van der Waals surface area contributed by atoms with Gasteiger partial charge in [-0.2, -0.15) is 13.2 Å². The van der Waals surface area contributed by atoms with Crippen LogP contribution in [0.25, 0.3) is 0 Å². The maximum atomic E-state index is 13.9. The van der Waals surface area contributed by atoms with E-state index >= 15 is 0 Å². The Kier molecular flexibility index (Phi) is 7.36. The molecule has 2 aliphatic heterocycles. The fourth-order valence-electron chi connectivity index (χ4n) is 5.26. The van der Waals surface area contributed by atoms with E-state index in [9.17, 15) is 32.3 Å². The van der Waals surface area contributed by atoms with Crippen molar-refractivity contribution in [2.75, 3.05) is 10.2 Å². The molecule has 0 radical (unpaired) electrons. The van der Waals surface area contributed by atoms with Gasteiger partial charge in [0, 0.05) is 21.0 Å². The molecule has 13 heteroatoms. The van der Waals surface area contributed by atoms with Crippen molar-refractivity contribution in [3.05, 3.63) is 109 Å². The van der Waals surface area contributed by atoms with Crippen molar-refractivity contribution < 1.29 is 27.6 Å². The fraction of sp³-hybridized carbons (Fsp3) is 0.172. The highest BCUT2D eigenvalue weighted by atomic mass is 79.9. The van der Waals surface area contributed by atoms with Gasteiger partial charge < -0.3 is 5.32 Å². The van der Waals surface area contributed by atoms with Crippen LogP contribution < -0.4 is 15.1 Å². The molecule has 0 unspecified atom stereocenters. The van der Waals surface area contributed by atoms with Crippen molar-refractivity contribution >= 4 is 68.1 Å². The Morgan fingerprint density at radius 1 is 0.929 bits per heavy atom. The van der Waals surface area contributed by atoms with E-state index in [1.807, 2.05) is 18.2 Å². The van der Waals surface area contributed by atoms with Crippen molar-refractivity contribution in [2.45, 2.75) is 28.9 Å². The lowest BCUT2D eigenvalue weighted by Crippen LogP contribution is -2.33. The number of imide groups is 1. The molecule has 6 rings (SSSR count). The number of thioether (sulfide) groups is 1. The standard InChI is InChI=1S/C29H19BrF3N3O4S2/c30-17-8-4-6-15(12-17)21-22-23(26(39)36(25(22)38)19-10-2-1-3-11-19)41-27-24(21)42-28(40)35(27)14-20(37)34-18-9-5-7-16(13-18)29(31,32)33/h1-13,21-23H,14H2,(H,34,37)/t21-,22-,23+/m0/s1. The molecule has 1 aromatic heterocycles. The molecule has 2 aliphatic rings. The summed E-state index contributed by atoms with van der Waals surface area (Å²) in [7, 11) is 0. The highest BCUT2D eigenvalue weighted by Gasteiger charge is 2.56. The number of hydrogen-bond acceptors (Lipinski definition) is 6. The second-order valence-corrected chi connectivity index (χ2v) is 12.7. The minimum atomic E-state index is -4.59. The molecular formula is C29H19BrF3N3O4S2.